The van der Waals surface area contributed by atoms with E-state index in [2.05, 4.69) is 33.0 Å². The molecule has 1 N–H and O–H groups in total. The molecule has 0 amide bonds. The van der Waals surface area contributed by atoms with E-state index in [4.69, 9.17) is 0 Å². The Balaban J connectivity index is 3.78. The van der Waals surface area contributed by atoms with Crippen LogP contribution in [0.2, 0.25) is 0 Å². The highest BCUT2D eigenvalue weighted by molar-refractivity contribution is 4.81. The quantitative estimate of drug-likeness (QED) is 0.637. The van der Waals surface area contributed by atoms with Crippen LogP contribution >= 0.6 is 0 Å². The van der Waals surface area contributed by atoms with Crippen LogP contribution in [0.1, 0.15) is 40.5 Å². The van der Waals surface area contributed by atoms with Gasteiger partial charge >= 0.3 is 0 Å². The molecule has 0 aliphatic carbocycles. The van der Waals surface area contributed by atoms with Crippen LogP contribution in [0.4, 0.5) is 0 Å². The van der Waals surface area contributed by atoms with Crippen LogP contribution in [0.5, 0.6) is 0 Å². The third-order valence-corrected chi connectivity index (χ3v) is 2.60. The molecule has 1 unspecified atom stereocenters. The van der Waals surface area contributed by atoms with E-state index in [0.29, 0.717) is 5.54 Å². The molecular formula is C9H21N. The second-order valence-corrected chi connectivity index (χ2v) is 3.66. The summed E-state index contributed by atoms with van der Waals surface area (Å²) in [5, 5.41) is 3.33. The Labute approximate surface area is 65.2 Å². The average molecular weight is 143 g/mol. The Bertz CT molecular complexity index is 86.7. The summed E-state index contributed by atoms with van der Waals surface area (Å²) in [5.74, 6) is 0.766. The lowest BCUT2D eigenvalue weighted by Gasteiger charge is -2.31. The third kappa shape index (κ3) is 2.70. The summed E-state index contributed by atoms with van der Waals surface area (Å²) in [6.07, 6.45) is 2.60. The van der Waals surface area contributed by atoms with Gasteiger partial charge in [-0.25, -0.2) is 0 Å². The first-order valence-electron chi connectivity index (χ1n) is 4.23. The van der Waals surface area contributed by atoms with E-state index >= 15 is 0 Å². The normalized spacial score (nSPS) is 15.3. The van der Waals surface area contributed by atoms with Crippen molar-refractivity contribution in [2.24, 2.45) is 5.92 Å². The van der Waals surface area contributed by atoms with Crippen LogP contribution in [0.3, 0.4) is 0 Å². The fourth-order valence-electron chi connectivity index (χ4n) is 1.04. The second kappa shape index (κ2) is 3.97. The van der Waals surface area contributed by atoms with Gasteiger partial charge in [0.15, 0.2) is 0 Å². The van der Waals surface area contributed by atoms with E-state index in [1.165, 1.54) is 12.8 Å². The largest absolute Gasteiger partial charge is 0.315 e. The molecule has 0 aromatic carbocycles. The van der Waals surface area contributed by atoms with E-state index in [0.717, 1.165) is 5.92 Å². The first-order chi connectivity index (χ1) is 4.54. The summed E-state index contributed by atoms with van der Waals surface area (Å²) in [6.45, 7) is 9.06. The molecule has 1 atom stereocenters. The molecule has 62 valence electrons. The molecule has 1 heteroatoms. The maximum Gasteiger partial charge on any atom is 0.0147 e. The molecule has 0 aromatic rings. The molecule has 0 radical (unpaired) electrons. The van der Waals surface area contributed by atoms with Crippen LogP contribution in [0, 0.1) is 5.92 Å². The van der Waals surface area contributed by atoms with Crippen LogP contribution in [-0.4, -0.2) is 12.6 Å². The minimum atomic E-state index is 0.302. The number of hydrogen-bond acceptors (Lipinski definition) is 1. The first-order valence-corrected chi connectivity index (χ1v) is 4.23. The predicted octanol–water partition coefficient (Wildman–Crippen LogP) is 2.42. The van der Waals surface area contributed by atoms with Crippen molar-refractivity contribution < 1.29 is 0 Å². The molecule has 0 aliphatic rings. The molecule has 0 heterocycles. The standard InChI is InChI=1S/C9H21N/c1-6-7-8(2)9(3,4)10-5/h8,10H,6-7H2,1-5H3. The van der Waals surface area contributed by atoms with Crippen molar-refractivity contribution in [2.45, 2.75) is 46.1 Å². The van der Waals surface area contributed by atoms with E-state index in [-0.39, 0.29) is 0 Å². The van der Waals surface area contributed by atoms with Gasteiger partial charge in [0.1, 0.15) is 0 Å². The highest BCUT2D eigenvalue weighted by Crippen LogP contribution is 2.19. The van der Waals surface area contributed by atoms with E-state index < -0.39 is 0 Å². The smallest absolute Gasteiger partial charge is 0.0147 e. The first kappa shape index (κ1) is 9.96. The molecule has 0 saturated carbocycles. The molecule has 0 bridgehead atoms. The summed E-state index contributed by atoms with van der Waals surface area (Å²) in [5.41, 5.74) is 0.302. The maximum atomic E-state index is 3.33. The van der Waals surface area contributed by atoms with Crippen molar-refractivity contribution in [1.82, 2.24) is 5.32 Å². The summed E-state index contributed by atoms with van der Waals surface area (Å²) in [7, 11) is 2.03. The SMILES string of the molecule is CCCC(C)C(C)(C)NC. The predicted molar refractivity (Wildman–Crippen MR) is 47.2 cm³/mol. The maximum absolute atomic E-state index is 3.33. The number of hydrogen-bond donors (Lipinski definition) is 1. The van der Waals surface area contributed by atoms with Gasteiger partial charge in [0.05, 0.1) is 0 Å². The number of nitrogens with one attached hydrogen (secondary N) is 1. The fourth-order valence-corrected chi connectivity index (χ4v) is 1.04. The van der Waals surface area contributed by atoms with Gasteiger partial charge in [-0.05, 0) is 33.2 Å². The fraction of sp³-hybridized carbons (Fsp3) is 1.00. The molecule has 0 aliphatic heterocycles. The minimum Gasteiger partial charge on any atom is -0.315 e. The van der Waals surface area contributed by atoms with E-state index in [1.54, 1.807) is 0 Å². The summed E-state index contributed by atoms with van der Waals surface area (Å²) < 4.78 is 0. The van der Waals surface area contributed by atoms with Gasteiger partial charge in [-0.3, -0.25) is 0 Å². The Morgan fingerprint density at radius 3 is 2.20 bits per heavy atom. The van der Waals surface area contributed by atoms with Gasteiger partial charge in [0, 0.05) is 5.54 Å². The highest BCUT2D eigenvalue weighted by atomic mass is 14.9. The van der Waals surface area contributed by atoms with Gasteiger partial charge in [0.25, 0.3) is 0 Å². The molecule has 0 fully saturated rings. The van der Waals surface area contributed by atoms with Crippen LogP contribution < -0.4 is 5.32 Å². The lowest BCUT2D eigenvalue weighted by molar-refractivity contribution is 0.272. The van der Waals surface area contributed by atoms with Crippen molar-refractivity contribution in [2.75, 3.05) is 7.05 Å². The minimum absolute atomic E-state index is 0.302. The average Bonchev–Trinajstić information content (AvgIpc) is 1.89. The molecular weight excluding hydrogens is 122 g/mol. The molecule has 0 rings (SSSR count). The zero-order valence-electron chi connectivity index (χ0n) is 7.99. The van der Waals surface area contributed by atoms with Gasteiger partial charge in [-0.15, -0.1) is 0 Å². The Hall–Kier alpha value is -0.0400. The Kier molecular flexibility index (Phi) is 3.95. The monoisotopic (exact) mass is 143 g/mol. The van der Waals surface area contributed by atoms with Crippen molar-refractivity contribution in [1.29, 1.82) is 0 Å². The number of rotatable bonds is 4. The van der Waals surface area contributed by atoms with Crippen molar-refractivity contribution in [3.8, 4) is 0 Å². The summed E-state index contributed by atoms with van der Waals surface area (Å²) in [4.78, 5) is 0. The molecule has 0 spiro atoms. The van der Waals surface area contributed by atoms with Crippen LogP contribution in [0.15, 0.2) is 0 Å². The van der Waals surface area contributed by atoms with Crippen LogP contribution in [-0.2, 0) is 0 Å². The molecule has 1 nitrogen and oxygen atoms in total. The van der Waals surface area contributed by atoms with Crippen molar-refractivity contribution in [3.05, 3.63) is 0 Å². The van der Waals surface area contributed by atoms with Gasteiger partial charge in [0.2, 0.25) is 0 Å². The second-order valence-electron chi connectivity index (χ2n) is 3.66. The molecule has 0 aromatic heterocycles. The van der Waals surface area contributed by atoms with Gasteiger partial charge in [-0.2, -0.15) is 0 Å². The zero-order valence-corrected chi connectivity index (χ0v) is 7.99. The van der Waals surface area contributed by atoms with E-state index in [9.17, 15) is 0 Å². The Morgan fingerprint density at radius 2 is 1.90 bits per heavy atom. The lowest BCUT2D eigenvalue weighted by Crippen LogP contribution is -2.42. The van der Waals surface area contributed by atoms with E-state index in [1.807, 2.05) is 7.05 Å². The van der Waals surface area contributed by atoms with Crippen molar-refractivity contribution >= 4 is 0 Å². The molecule has 0 saturated heterocycles. The highest BCUT2D eigenvalue weighted by Gasteiger charge is 2.21. The van der Waals surface area contributed by atoms with Crippen molar-refractivity contribution in [3.63, 3.8) is 0 Å². The van der Waals surface area contributed by atoms with Gasteiger partial charge in [-0.1, -0.05) is 20.3 Å². The Morgan fingerprint density at radius 1 is 1.40 bits per heavy atom. The zero-order chi connectivity index (χ0) is 8.20. The third-order valence-electron chi connectivity index (χ3n) is 2.60. The summed E-state index contributed by atoms with van der Waals surface area (Å²) in [6, 6.07) is 0. The lowest BCUT2D eigenvalue weighted by atomic mass is 9.86. The summed E-state index contributed by atoms with van der Waals surface area (Å²) >= 11 is 0. The molecule has 10 heavy (non-hydrogen) atoms. The van der Waals surface area contributed by atoms with Crippen LogP contribution in [0.25, 0.3) is 0 Å². The van der Waals surface area contributed by atoms with Gasteiger partial charge < -0.3 is 5.32 Å². The topological polar surface area (TPSA) is 12.0 Å².